The van der Waals surface area contributed by atoms with Crippen molar-refractivity contribution in [3.05, 3.63) is 77.4 Å². The molecule has 0 atom stereocenters. The molecule has 3 aromatic rings. The van der Waals surface area contributed by atoms with Crippen LogP contribution in [0.5, 0.6) is 5.75 Å². The highest BCUT2D eigenvalue weighted by Crippen LogP contribution is 2.28. The molecule has 0 fully saturated rings. The summed E-state index contributed by atoms with van der Waals surface area (Å²) in [4.78, 5) is 0. The summed E-state index contributed by atoms with van der Waals surface area (Å²) >= 11 is 0. The van der Waals surface area contributed by atoms with Crippen molar-refractivity contribution in [2.45, 2.75) is 46.2 Å². The van der Waals surface area contributed by atoms with E-state index in [0.29, 0.717) is 19.8 Å². The fourth-order valence-corrected chi connectivity index (χ4v) is 3.44. The molecule has 0 radical (unpaired) electrons. The summed E-state index contributed by atoms with van der Waals surface area (Å²) in [5.74, 6) is 0.930. The summed E-state index contributed by atoms with van der Waals surface area (Å²) in [5.41, 5.74) is 4.03. The number of hydrogen-bond donors (Lipinski definition) is 1. The fraction of sp³-hybridized carbons (Fsp3) is 0.385. The highest BCUT2D eigenvalue weighted by Gasteiger charge is 2.13. The molecule has 29 heavy (non-hydrogen) atoms. The Kier molecular flexibility index (Phi) is 7.29. The molecule has 0 spiro atoms. The molecular weight excluding hydrogens is 358 g/mol. The molecule has 3 nitrogen and oxygen atoms in total. The zero-order valence-corrected chi connectivity index (χ0v) is 18.1. The van der Waals surface area contributed by atoms with Crippen molar-refractivity contribution in [3.8, 4) is 5.75 Å². The smallest absolute Gasteiger partial charge is 0.124 e. The minimum atomic E-state index is 0.183. The fourth-order valence-electron chi connectivity index (χ4n) is 3.44. The number of hydrogen-bond acceptors (Lipinski definition) is 3. The van der Waals surface area contributed by atoms with Crippen LogP contribution in [0.15, 0.2) is 60.7 Å². The molecule has 0 bridgehead atoms. The van der Waals surface area contributed by atoms with Gasteiger partial charge in [0.15, 0.2) is 0 Å². The van der Waals surface area contributed by atoms with Crippen molar-refractivity contribution >= 4 is 10.8 Å². The molecule has 3 aromatic carbocycles. The average molecular weight is 392 g/mol. The van der Waals surface area contributed by atoms with Crippen molar-refractivity contribution in [1.29, 1.82) is 0 Å². The Morgan fingerprint density at radius 2 is 1.59 bits per heavy atom. The second-order valence-electron chi connectivity index (χ2n) is 8.36. The topological polar surface area (TPSA) is 30.5 Å². The molecule has 3 rings (SSSR count). The Morgan fingerprint density at radius 1 is 0.828 bits per heavy atom. The van der Waals surface area contributed by atoms with Gasteiger partial charge in [-0.05, 0) is 40.3 Å². The summed E-state index contributed by atoms with van der Waals surface area (Å²) in [7, 11) is 0. The molecule has 0 aromatic heterocycles. The van der Waals surface area contributed by atoms with Gasteiger partial charge in [0.2, 0.25) is 0 Å². The van der Waals surface area contributed by atoms with Crippen LogP contribution in [0, 0.1) is 0 Å². The van der Waals surface area contributed by atoms with Crippen LogP contribution in [0.3, 0.4) is 0 Å². The first-order valence-corrected chi connectivity index (χ1v) is 10.5. The summed E-state index contributed by atoms with van der Waals surface area (Å²) < 4.78 is 11.5. The predicted molar refractivity (Wildman–Crippen MR) is 122 cm³/mol. The normalized spacial score (nSPS) is 11.7. The minimum absolute atomic E-state index is 0.183. The van der Waals surface area contributed by atoms with Gasteiger partial charge in [0.1, 0.15) is 12.4 Å². The summed E-state index contributed by atoms with van der Waals surface area (Å²) in [5, 5.41) is 6.06. The lowest BCUT2D eigenvalue weighted by molar-refractivity contribution is 0.110. The van der Waals surface area contributed by atoms with Gasteiger partial charge in [-0.15, -0.1) is 0 Å². The number of fused-ring (bicyclic) bond motifs is 1. The van der Waals surface area contributed by atoms with Crippen LogP contribution in [-0.2, 0) is 23.2 Å². The van der Waals surface area contributed by atoms with Crippen molar-refractivity contribution < 1.29 is 9.47 Å². The molecular formula is C26H33NO2. The van der Waals surface area contributed by atoms with E-state index in [1.807, 2.05) is 6.92 Å². The van der Waals surface area contributed by atoms with Crippen LogP contribution < -0.4 is 10.1 Å². The Bertz CT molecular complexity index is 910. The van der Waals surface area contributed by atoms with Gasteiger partial charge in [0.25, 0.3) is 0 Å². The van der Waals surface area contributed by atoms with E-state index >= 15 is 0 Å². The molecule has 3 heteroatoms. The summed E-state index contributed by atoms with van der Waals surface area (Å²) in [6.07, 6.45) is 0. The average Bonchev–Trinajstić information content (AvgIpc) is 2.72. The Morgan fingerprint density at radius 3 is 2.31 bits per heavy atom. The molecule has 0 saturated heterocycles. The lowest BCUT2D eigenvalue weighted by atomic mass is 9.87. The van der Waals surface area contributed by atoms with Crippen LogP contribution in [0.25, 0.3) is 10.8 Å². The van der Waals surface area contributed by atoms with E-state index in [4.69, 9.17) is 9.47 Å². The Balaban J connectivity index is 1.70. The monoisotopic (exact) mass is 391 g/mol. The van der Waals surface area contributed by atoms with Crippen LogP contribution in [0.4, 0.5) is 0 Å². The maximum absolute atomic E-state index is 6.04. The molecule has 0 aliphatic heterocycles. The Hall–Kier alpha value is -2.36. The summed E-state index contributed by atoms with van der Waals surface area (Å²) in [6.45, 7) is 12.2. The molecule has 0 heterocycles. The third-order valence-electron chi connectivity index (χ3n) is 5.14. The third kappa shape index (κ3) is 5.81. The highest BCUT2D eigenvalue weighted by molar-refractivity contribution is 5.87. The quantitative estimate of drug-likeness (QED) is 0.465. The molecule has 0 unspecified atom stereocenters. The molecule has 0 amide bonds. The van der Waals surface area contributed by atoms with E-state index in [9.17, 15) is 0 Å². The molecule has 1 N–H and O–H groups in total. The van der Waals surface area contributed by atoms with Gasteiger partial charge in [-0.1, -0.05) is 75.4 Å². The molecule has 0 saturated carbocycles. The second kappa shape index (κ2) is 9.91. The van der Waals surface area contributed by atoms with Crippen LogP contribution in [0.2, 0.25) is 0 Å². The van der Waals surface area contributed by atoms with Crippen LogP contribution in [0.1, 0.15) is 44.4 Å². The first-order valence-electron chi connectivity index (χ1n) is 10.5. The predicted octanol–water partition coefficient (Wildman–Crippen LogP) is 5.84. The summed E-state index contributed by atoms with van der Waals surface area (Å²) in [6, 6.07) is 21.6. The van der Waals surface area contributed by atoms with E-state index in [1.54, 1.807) is 0 Å². The number of nitrogens with one attached hydrogen (secondary N) is 1. The van der Waals surface area contributed by atoms with Crippen molar-refractivity contribution in [2.75, 3.05) is 19.8 Å². The maximum Gasteiger partial charge on any atom is 0.124 e. The lowest BCUT2D eigenvalue weighted by Crippen LogP contribution is -2.16. The number of ether oxygens (including phenoxy) is 2. The number of rotatable bonds is 9. The Labute approximate surface area is 175 Å². The molecule has 154 valence electrons. The van der Waals surface area contributed by atoms with Crippen LogP contribution >= 0.6 is 0 Å². The van der Waals surface area contributed by atoms with Gasteiger partial charge in [-0.25, -0.2) is 0 Å². The van der Waals surface area contributed by atoms with E-state index in [-0.39, 0.29) is 5.41 Å². The lowest BCUT2D eigenvalue weighted by Gasteiger charge is -2.19. The first kappa shape index (κ1) is 21.4. The zero-order chi connectivity index (χ0) is 20.7. The maximum atomic E-state index is 6.04. The van der Waals surface area contributed by atoms with Gasteiger partial charge < -0.3 is 14.8 Å². The minimum Gasteiger partial charge on any atom is -0.491 e. The van der Waals surface area contributed by atoms with Crippen LogP contribution in [-0.4, -0.2) is 19.8 Å². The van der Waals surface area contributed by atoms with Gasteiger partial charge in [0, 0.05) is 25.3 Å². The SMILES string of the molecule is CCOCCOc1ccc2ccccc2c1CNCc1ccc(C(C)(C)C)cc1. The first-order chi connectivity index (χ1) is 14.0. The van der Waals surface area contributed by atoms with Crippen molar-refractivity contribution in [1.82, 2.24) is 5.32 Å². The van der Waals surface area contributed by atoms with E-state index in [2.05, 4.69) is 86.8 Å². The second-order valence-corrected chi connectivity index (χ2v) is 8.36. The highest BCUT2D eigenvalue weighted by atomic mass is 16.5. The zero-order valence-electron chi connectivity index (χ0n) is 18.1. The van der Waals surface area contributed by atoms with E-state index in [0.717, 1.165) is 18.8 Å². The molecule has 0 aliphatic rings. The van der Waals surface area contributed by atoms with Gasteiger partial charge >= 0.3 is 0 Å². The largest absolute Gasteiger partial charge is 0.491 e. The van der Waals surface area contributed by atoms with Gasteiger partial charge in [0.05, 0.1) is 6.61 Å². The van der Waals surface area contributed by atoms with E-state index in [1.165, 1.54) is 27.5 Å². The van der Waals surface area contributed by atoms with E-state index < -0.39 is 0 Å². The van der Waals surface area contributed by atoms with Crippen molar-refractivity contribution in [2.24, 2.45) is 0 Å². The molecule has 0 aliphatic carbocycles. The standard InChI is InChI=1S/C26H33NO2/c1-5-28-16-17-29-25-15-12-21-8-6-7-9-23(21)24(25)19-27-18-20-10-13-22(14-11-20)26(2,3)4/h6-15,27H,5,16-19H2,1-4H3. The van der Waals surface area contributed by atoms with Gasteiger partial charge in [-0.2, -0.15) is 0 Å². The van der Waals surface area contributed by atoms with Gasteiger partial charge in [-0.3, -0.25) is 0 Å². The van der Waals surface area contributed by atoms with Crippen molar-refractivity contribution in [3.63, 3.8) is 0 Å². The number of benzene rings is 3. The third-order valence-corrected chi connectivity index (χ3v) is 5.14.